The topological polar surface area (TPSA) is 25.2 Å². The SMILES string of the molecule is C1=CC(Cc2ccccn2)=NCC1.[Au+].[Au+].[C-]#Cc1ccc2c(c1)Cc1ccccc1-2.[C-]#Cc1ccc2c(c1)Cc1ccccc1-2. The normalized spacial score (nSPS) is 12.3. The fourth-order valence-electron chi connectivity index (χ4n) is 5.80. The molecule has 1 aromatic heterocycles. The standard InChI is InChI=1S/2C15H9.C11H12N2.2Au/c2*1-2-11-7-8-15-13(9-11)10-12-5-3-4-6-14(12)15;1-3-7-12-10(5-1)9-11-6-2-4-8-13-11;;/h2*3-9H,10H2;1-3,5-7H,4,8-9H2;;/q2*-1;;2*+1. The second-order valence-electron chi connectivity index (χ2n) is 10.7. The van der Waals surface area contributed by atoms with Crippen molar-refractivity contribution < 1.29 is 44.8 Å². The van der Waals surface area contributed by atoms with E-state index in [1.807, 2.05) is 36.5 Å². The molecule has 4 aromatic carbocycles. The Balaban J connectivity index is 0.000000151. The second-order valence-corrected chi connectivity index (χ2v) is 10.7. The molecule has 45 heavy (non-hydrogen) atoms. The number of aliphatic imine (C=N–C) groups is 1. The van der Waals surface area contributed by atoms with Crippen LogP contribution in [0, 0.1) is 24.7 Å². The summed E-state index contributed by atoms with van der Waals surface area (Å²) in [5.41, 5.74) is 14.6. The monoisotopic (exact) mass is 944 g/mol. The molecule has 2 heterocycles. The number of pyridine rings is 1. The maximum absolute atomic E-state index is 7.12. The second kappa shape index (κ2) is 16.4. The van der Waals surface area contributed by atoms with Crippen LogP contribution in [0.3, 0.4) is 0 Å². The summed E-state index contributed by atoms with van der Waals surface area (Å²) in [7, 11) is 0. The summed E-state index contributed by atoms with van der Waals surface area (Å²) in [6.07, 6.45) is 24.2. The summed E-state index contributed by atoms with van der Waals surface area (Å²) in [6, 6.07) is 35.2. The molecule has 0 bridgehead atoms. The molecular weight excluding hydrogens is 914 g/mol. The molecule has 0 unspecified atom stereocenters. The van der Waals surface area contributed by atoms with Gasteiger partial charge in [0, 0.05) is 30.6 Å². The van der Waals surface area contributed by atoms with Crippen LogP contribution in [0.2, 0.25) is 0 Å². The molecule has 2 aliphatic carbocycles. The van der Waals surface area contributed by atoms with Gasteiger partial charge in [-0.3, -0.25) is 21.8 Å². The Morgan fingerprint density at radius 2 is 1.13 bits per heavy atom. The minimum absolute atomic E-state index is 0. The molecule has 4 heteroatoms. The quantitative estimate of drug-likeness (QED) is 0.0972. The number of benzene rings is 4. The predicted molar refractivity (Wildman–Crippen MR) is 176 cm³/mol. The van der Waals surface area contributed by atoms with Crippen molar-refractivity contribution in [3.63, 3.8) is 0 Å². The molecule has 0 saturated heterocycles. The van der Waals surface area contributed by atoms with E-state index in [2.05, 4.69) is 107 Å². The Morgan fingerprint density at radius 3 is 1.62 bits per heavy atom. The first-order chi connectivity index (χ1) is 21.2. The molecule has 1 aliphatic heterocycles. The minimum Gasteiger partial charge on any atom is -0.366 e. The van der Waals surface area contributed by atoms with E-state index in [1.54, 1.807) is 0 Å². The molecule has 0 atom stereocenters. The Kier molecular flexibility index (Phi) is 12.3. The van der Waals surface area contributed by atoms with E-state index in [9.17, 15) is 0 Å². The molecule has 226 valence electrons. The molecule has 2 nitrogen and oxygen atoms in total. The van der Waals surface area contributed by atoms with Crippen molar-refractivity contribution >= 4 is 5.71 Å². The Labute approximate surface area is 298 Å². The van der Waals surface area contributed by atoms with E-state index in [-0.39, 0.29) is 44.8 Å². The van der Waals surface area contributed by atoms with Gasteiger partial charge in [-0.25, -0.2) is 0 Å². The van der Waals surface area contributed by atoms with Crippen LogP contribution >= 0.6 is 0 Å². The van der Waals surface area contributed by atoms with Gasteiger partial charge in [-0.15, -0.1) is 35.4 Å². The third kappa shape index (κ3) is 8.20. The molecule has 0 fully saturated rings. The number of fused-ring (bicyclic) bond motifs is 6. The molecular formula is C41H30Au2N2. The van der Waals surface area contributed by atoms with Crippen LogP contribution in [0.15, 0.2) is 126 Å². The molecule has 0 saturated carbocycles. The van der Waals surface area contributed by atoms with Crippen molar-refractivity contribution in [3.05, 3.63) is 173 Å². The van der Waals surface area contributed by atoms with Gasteiger partial charge in [-0.2, -0.15) is 0 Å². The van der Waals surface area contributed by atoms with Crippen LogP contribution in [-0.4, -0.2) is 17.2 Å². The maximum atomic E-state index is 7.12. The average molecular weight is 945 g/mol. The van der Waals surface area contributed by atoms with Gasteiger partial charge >= 0.3 is 44.8 Å². The van der Waals surface area contributed by atoms with Gasteiger partial charge in [0.15, 0.2) is 0 Å². The number of nitrogens with zero attached hydrogens (tertiary/aromatic N) is 2. The summed E-state index contributed by atoms with van der Waals surface area (Å²) < 4.78 is 0. The zero-order valence-corrected chi connectivity index (χ0v) is 28.9. The van der Waals surface area contributed by atoms with Crippen LogP contribution in [0.25, 0.3) is 22.3 Å². The Morgan fingerprint density at radius 1 is 0.600 bits per heavy atom. The number of hydrogen-bond donors (Lipinski definition) is 0. The molecule has 0 N–H and O–H groups in total. The smallest absolute Gasteiger partial charge is 0.366 e. The molecule has 5 aromatic rings. The van der Waals surface area contributed by atoms with Crippen LogP contribution < -0.4 is 0 Å². The molecule has 3 aliphatic rings. The summed E-state index contributed by atoms with van der Waals surface area (Å²) >= 11 is 0. The van der Waals surface area contributed by atoms with Crippen molar-refractivity contribution in [1.29, 1.82) is 0 Å². The van der Waals surface area contributed by atoms with Gasteiger partial charge in [0.1, 0.15) is 0 Å². The van der Waals surface area contributed by atoms with E-state index in [0.717, 1.165) is 54.8 Å². The van der Waals surface area contributed by atoms with E-state index in [1.165, 1.54) is 44.5 Å². The number of allylic oxidation sites excluding steroid dienone is 1. The van der Waals surface area contributed by atoms with Gasteiger partial charge in [0.05, 0.1) is 0 Å². The van der Waals surface area contributed by atoms with Crippen LogP contribution in [0.5, 0.6) is 0 Å². The zero-order chi connectivity index (χ0) is 29.4. The first-order valence-electron chi connectivity index (χ1n) is 14.6. The van der Waals surface area contributed by atoms with E-state index in [4.69, 9.17) is 12.8 Å². The van der Waals surface area contributed by atoms with Crippen LogP contribution in [0.1, 0.15) is 45.5 Å². The van der Waals surface area contributed by atoms with E-state index >= 15 is 0 Å². The minimum atomic E-state index is 0. The maximum Gasteiger partial charge on any atom is 1.00 e. The largest absolute Gasteiger partial charge is 1.00 e. The van der Waals surface area contributed by atoms with Crippen LogP contribution in [0.4, 0.5) is 0 Å². The zero-order valence-electron chi connectivity index (χ0n) is 24.6. The number of aromatic nitrogens is 1. The molecule has 0 spiro atoms. The van der Waals surface area contributed by atoms with Crippen molar-refractivity contribution in [2.24, 2.45) is 4.99 Å². The summed E-state index contributed by atoms with van der Waals surface area (Å²) in [5, 5.41) is 0. The summed E-state index contributed by atoms with van der Waals surface area (Å²) in [5.74, 6) is 4.87. The predicted octanol–water partition coefficient (Wildman–Crippen LogP) is 8.41. The van der Waals surface area contributed by atoms with Crippen molar-refractivity contribution in [2.75, 3.05) is 6.54 Å². The van der Waals surface area contributed by atoms with E-state index < -0.39 is 0 Å². The molecule has 8 rings (SSSR count). The van der Waals surface area contributed by atoms with Gasteiger partial charge in [-0.1, -0.05) is 83.9 Å². The fraction of sp³-hybridized carbons (Fsp3) is 0.122. The first kappa shape index (κ1) is 33.9. The fourth-order valence-corrected chi connectivity index (χ4v) is 5.80. The Bertz CT molecular complexity index is 1820. The molecule has 0 radical (unpaired) electrons. The van der Waals surface area contributed by atoms with Gasteiger partial charge in [0.2, 0.25) is 0 Å². The summed E-state index contributed by atoms with van der Waals surface area (Å²) in [4.78, 5) is 8.67. The third-order valence-corrected chi connectivity index (χ3v) is 7.89. The molecule has 0 amide bonds. The van der Waals surface area contributed by atoms with Crippen molar-refractivity contribution in [1.82, 2.24) is 4.98 Å². The average Bonchev–Trinajstić information content (AvgIpc) is 3.63. The summed E-state index contributed by atoms with van der Waals surface area (Å²) in [6.45, 7) is 0.929. The van der Waals surface area contributed by atoms with E-state index in [0.29, 0.717) is 0 Å². The van der Waals surface area contributed by atoms with Crippen molar-refractivity contribution in [3.8, 4) is 34.1 Å². The Hall–Kier alpha value is -3.96. The van der Waals surface area contributed by atoms with Crippen LogP contribution in [-0.2, 0) is 64.0 Å². The third-order valence-electron chi connectivity index (χ3n) is 7.89. The number of rotatable bonds is 2. The number of hydrogen-bond acceptors (Lipinski definition) is 2. The first-order valence-corrected chi connectivity index (χ1v) is 14.6. The van der Waals surface area contributed by atoms with Gasteiger partial charge in [-0.05, 0) is 70.9 Å². The van der Waals surface area contributed by atoms with Crippen molar-refractivity contribution in [2.45, 2.75) is 25.7 Å². The van der Waals surface area contributed by atoms with Gasteiger partial charge in [0.25, 0.3) is 0 Å². The van der Waals surface area contributed by atoms with Gasteiger partial charge < -0.3 is 12.8 Å². The number of dihydropyridines is 1.